The van der Waals surface area contributed by atoms with Gasteiger partial charge in [0.25, 0.3) is 5.56 Å². The summed E-state index contributed by atoms with van der Waals surface area (Å²) in [5.41, 5.74) is 2.43. The van der Waals surface area contributed by atoms with Crippen LogP contribution in [0.2, 0.25) is 0 Å². The van der Waals surface area contributed by atoms with E-state index in [0.29, 0.717) is 23.7 Å². The molecule has 2 saturated heterocycles. The van der Waals surface area contributed by atoms with Crippen LogP contribution in [-0.4, -0.2) is 76.1 Å². The summed E-state index contributed by atoms with van der Waals surface area (Å²) in [4.78, 5) is 21.3. The first-order valence-electron chi connectivity index (χ1n) is 12.8. The number of piperazine rings is 1. The zero-order valence-electron chi connectivity index (χ0n) is 20.9. The Kier molecular flexibility index (Phi) is 6.58. The van der Waals surface area contributed by atoms with Gasteiger partial charge in [-0.15, -0.1) is 5.10 Å². The molecule has 2 aliphatic heterocycles. The van der Waals surface area contributed by atoms with Crippen molar-refractivity contribution in [3.63, 3.8) is 0 Å². The third-order valence-corrected chi connectivity index (χ3v) is 7.38. The third kappa shape index (κ3) is 4.82. The number of nitrogens with zero attached hydrogens (tertiary/aromatic N) is 6. The number of hydrogen-bond donors (Lipinski definition) is 1. The summed E-state index contributed by atoms with van der Waals surface area (Å²) in [6, 6.07) is 17.7. The summed E-state index contributed by atoms with van der Waals surface area (Å²) >= 11 is 0. The van der Waals surface area contributed by atoms with Gasteiger partial charge in [-0.25, -0.2) is 4.68 Å². The van der Waals surface area contributed by atoms with Crippen molar-refractivity contribution in [1.82, 2.24) is 30.1 Å². The number of aromatic nitrogens is 5. The molecule has 0 aliphatic carbocycles. The van der Waals surface area contributed by atoms with Crippen LogP contribution in [0.1, 0.15) is 30.3 Å². The first kappa shape index (κ1) is 23.6. The Hall–Kier alpha value is -3.76. The standard InChI is InChI=1S/C27H31N7O3/c1-36-21-10-9-19-16-23(27(35)28-24(19)17-21)25(26-29-30-31-34(26)18-22-8-5-15-37-22)33-13-11-32(12-14-33)20-6-3-2-4-7-20/h2-4,6-7,9-10,16-17,22,25H,5,8,11-15,18H2,1H3,(H,28,35)/t22-,25-/m1/s1. The molecule has 2 aromatic heterocycles. The van der Waals surface area contributed by atoms with Crippen LogP contribution in [0.3, 0.4) is 0 Å². The summed E-state index contributed by atoms with van der Waals surface area (Å²) in [6.07, 6.45) is 2.11. The van der Waals surface area contributed by atoms with Crippen molar-refractivity contribution in [2.24, 2.45) is 0 Å². The fourth-order valence-corrected chi connectivity index (χ4v) is 5.42. The number of pyridine rings is 1. The van der Waals surface area contributed by atoms with E-state index in [1.54, 1.807) is 7.11 Å². The molecule has 2 aromatic carbocycles. The lowest BCUT2D eigenvalue weighted by Gasteiger charge is -2.39. The van der Waals surface area contributed by atoms with E-state index in [0.717, 1.165) is 56.5 Å². The number of tetrazole rings is 1. The number of methoxy groups -OCH3 is 1. The Labute approximate surface area is 214 Å². The third-order valence-electron chi connectivity index (χ3n) is 7.38. The number of H-pyrrole nitrogens is 1. The molecule has 192 valence electrons. The molecule has 2 aliphatic rings. The Morgan fingerprint density at radius 2 is 1.95 bits per heavy atom. The van der Waals surface area contributed by atoms with Crippen LogP contribution in [0, 0.1) is 0 Å². The molecule has 0 saturated carbocycles. The molecule has 37 heavy (non-hydrogen) atoms. The Morgan fingerprint density at radius 1 is 1.11 bits per heavy atom. The number of anilines is 1. The van der Waals surface area contributed by atoms with E-state index >= 15 is 0 Å². The molecule has 4 heterocycles. The summed E-state index contributed by atoms with van der Waals surface area (Å²) in [6.45, 7) is 4.57. The lowest BCUT2D eigenvalue weighted by Crippen LogP contribution is -2.49. The normalized spacial score (nSPS) is 19.4. The summed E-state index contributed by atoms with van der Waals surface area (Å²) in [7, 11) is 1.62. The maximum atomic E-state index is 13.5. The lowest BCUT2D eigenvalue weighted by molar-refractivity contribution is 0.0906. The summed E-state index contributed by atoms with van der Waals surface area (Å²) < 4.78 is 13.0. The van der Waals surface area contributed by atoms with E-state index in [2.05, 4.69) is 54.6 Å². The van der Waals surface area contributed by atoms with Gasteiger partial charge in [0, 0.05) is 50.1 Å². The minimum atomic E-state index is -0.385. The zero-order valence-corrected chi connectivity index (χ0v) is 20.9. The molecule has 0 unspecified atom stereocenters. The Bertz CT molecular complexity index is 1410. The largest absolute Gasteiger partial charge is 0.497 e. The molecular weight excluding hydrogens is 470 g/mol. The van der Waals surface area contributed by atoms with Crippen LogP contribution in [0.4, 0.5) is 5.69 Å². The molecule has 2 fully saturated rings. The van der Waals surface area contributed by atoms with Crippen LogP contribution in [0.5, 0.6) is 5.75 Å². The van der Waals surface area contributed by atoms with Crippen molar-refractivity contribution in [3.8, 4) is 5.75 Å². The number of ether oxygens (including phenoxy) is 2. The highest BCUT2D eigenvalue weighted by Crippen LogP contribution is 2.30. The van der Waals surface area contributed by atoms with E-state index < -0.39 is 0 Å². The van der Waals surface area contributed by atoms with E-state index in [1.165, 1.54) is 5.69 Å². The summed E-state index contributed by atoms with van der Waals surface area (Å²) in [5.74, 6) is 1.37. The van der Waals surface area contributed by atoms with Gasteiger partial charge >= 0.3 is 0 Å². The summed E-state index contributed by atoms with van der Waals surface area (Å²) in [5, 5.41) is 13.7. The highest BCUT2D eigenvalue weighted by Gasteiger charge is 2.33. The van der Waals surface area contributed by atoms with Crippen LogP contribution < -0.4 is 15.2 Å². The van der Waals surface area contributed by atoms with Gasteiger partial charge in [-0.3, -0.25) is 9.69 Å². The molecule has 4 aromatic rings. The average Bonchev–Trinajstić information content (AvgIpc) is 3.63. The number of fused-ring (bicyclic) bond motifs is 1. The fourth-order valence-electron chi connectivity index (χ4n) is 5.42. The maximum absolute atomic E-state index is 13.5. The maximum Gasteiger partial charge on any atom is 0.253 e. The minimum Gasteiger partial charge on any atom is -0.497 e. The fraction of sp³-hybridized carbons (Fsp3) is 0.407. The van der Waals surface area contributed by atoms with E-state index in [1.807, 2.05) is 35.0 Å². The highest BCUT2D eigenvalue weighted by atomic mass is 16.5. The minimum absolute atomic E-state index is 0.0835. The second-order valence-electron chi connectivity index (χ2n) is 9.62. The Morgan fingerprint density at radius 3 is 2.70 bits per heavy atom. The number of aromatic amines is 1. The number of para-hydroxylation sites is 1. The van der Waals surface area contributed by atoms with Gasteiger partial charge in [-0.1, -0.05) is 18.2 Å². The molecule has 0 spiro atoms. The first-order valence-corrected chi connectivity index (χ1v) is 12.8. The van der Waals surface area contributed by atoms with Gasteiger partial charge in [-0.2, -0.15) is 0 Å². The highest BCUT2D eigenvalue weighted by molar-refractivity contribution is 5.80. The number of benzene rings is 2. The van der Waals surface area contributed by atoms with Crippen LogP contribution in [0.25, 0.3) is 10.9 Å². The molecular formula is C27H31N7O3. The number of nitrogens with one attached hydrogen (secondary N) is 1. The second-order valence-corrected chi connectivity index (χ2v) is 9.62. The smallest absolute Gasteiger partial charge is 0.253 e. The molecule has 6 rings (SSSR count). The number of hydrogen-bond acceptors (Lipinski definition) is 8. The molecule has 2 atom stereocenters. The molecule has 10 heteroatoms. The average molecular weight is 502 g/mol. The monoisotopic (exact) mass is 501 g/mol. The van der Waals surface area contributed by atoms with E-state index in [9.17, 15) is 4.79 Å². The van der Waals surface area contributed by atoms with Crippen LogP contribution in [-0.2, 0) is 11.3 Å². The van der Waals surface area contributed by atoms with Crippen LogP contribution in [0.15, 0.2) is 59.4 Å². The second kappa shape index (κ2) is 10.3. The lowest BCUT2D eigenvalue weighted by atomic mass is 10.0. The van der Waals surface area contributed by atoms with Crippen LogP contribution >= 0.6 is 0 Å². The van der Waals surface area contributed by atoms with Crippen molar-refractivity contribution in [1.29, 1.82) is 0 Å². The molecule has 0 amide bonds. The SMILES string of the molecule is COc1ccc2cc([C@H](c3nnnn3C[C@H]3CCCO3)N3CCN(c4ccccc4)CC3)c(=O)[nH]c2c1. The van der Waals surface area contributed by atoms with Gasteiger partial charge in [0.05, 0.1) is 25.3 Å². The zero-order chi connectivity index (χ0) is 25.2. The number of rotatable bonds is 7. The topological polar surface area (TPSA) is 101 Å². The van der Waals surface area contributed by atoms with Gasteiger partial charge in [-0.05, 0) is 59.0 Å². The molecule has 1 N–H and O–H groups in total. The first-order chi connectivity index (χ1) is 18.2. The van der Waals surface area contributed by atoms with E-state index in [4.69, 9.17) is 9.47 Å². The predicted octanol–water partition coefficient (Wildman–Crippen LogP) is 2.61. The van der Waals surface area contributed by atoms with E-state index in [-0.39, 0.29) is 17.7 Å². The van der Waals surface area contributed by atoms with Crippen molar-refractivity contribution in [3.05, 3.63) is 76.3 Å². The van der Waals surface area contributed by atoms with Gasteiger partial charge < -0.3 is 19.4 Å². The van der Waals surface area contributed by atoms with Crippen molar-refractivity contribution in [2.75, 3.05) is 44.8 Å². The van der Waals surface area contributed by atoms with Crippen molar-refractivity contribution < 1.29 is 9.47 Å². The van der Waals surface area contributed by atoms with Gasteiger partial charge in [0.1, 0.15) is 11.8 Å². The van der Waals surface area contributed by atoms with Gasteiger partial charge in [0.15, 0.2) is 5.82 Å². The quantitative estimate of drug-likeness (QED) is 0.413. The molecule has 0 radical (unpaired) electrons. The van der Waals surface area contributed by atoms with Crippen molar-refractivity contribution >= 4 is 16.6 Å². The molecule has 0 bridgehead atoms. The molecule has 10 nitrogen and oxygen atoms in total. The van der Waals surface area contributed by atoms with Gasteiger partial charge in [0.2, 0.25) is 0 Å². The van der Waals surface area contributed by atoms with Crippen molar-refractivity contribution in [2.45, 2.75) is 31.5 Å². The predicted molar refractivity (Wildman–Crippen MR) is 140 cm³/mol. The Balaban J connectivity index is 1.37.